The molecule has 0 bridgehead atoms. The number of Topliss-reactive ketones (excluding diaryl/α,β-unsaturated/α-hetero) is 1. The van der Waals surface area contributed by atoms with Crippen molar-refractivity contribution in [2.24, 2.45) is 5.92 Å². The minimum absolute atomic E-state index is 0.00847. The molecule has 6 rings (SSSR count). The molecule has 2 aliphatic rings. The average molecular weight is 651 g/mol. The first-order chi connectivity index (χ1) is 20.6. The number of para-hydroxylation sites is 1. The smallest absolute Gasteiger partial charge is 0.297 e. The predicted molar refractivity (Wildman–Crippen MR) is 159 cm³/mol. The van der Waals surface area contributed by atoms with Gasteiger partial charge in [-0.3, -0.25) is 4.79 Å². The van der Waals surface area contributed by atoms with E-state index in [9.17, 15) is 22.0 Å². The van der Waals surface area contributed by atoms with E-state index in [0.29, 0.717) is 11.0 Å². The highest BCUT2D eigenvalue weighted by molar-refractivity contribution is 7.92. The van der Waals surface area contributed by atoms with Crippen LogP contribution < -0.4 is 9.64 Å². The van der Waals surface area contributed by atoms with E-state index in [0.717, 1.165) is 0 Å². The first-order valence-electron chi connectivity index (χ1n) is 14.1. The Bertz CT molecular complexity index is 1900. The topological polar surface area (TPSA) is 115 Å². The molecule has 5 heterocycles. The lowest BCUT2D eigenvalue weighted by Gasteiger charge is -2.44. The van der Waals surface area contributed by atoms with Crippen LogP contribution in [0.2, 0.25) is 5.02 Å². The molecule has 0 radical (unpaired) electrons. The molecule has 1 aromatic carbocycles. The maximum absolute atomic E-state index is 17.0. The second-order valence-corrected chi connectivity index (χ2v) is 15.3. The first kappa shape index (κ1) is 30.6. The third-order valence-electron chi connectivity index (χ3n) is 8.74. The fourth-order valence-corrected chi connectivity index (χ4v) is 8.28. The van der Waals surface area contributed by atoms with Crippen molar-refractivity contribution in [1.29, 1.82) is 0 Å². The zero-order valence-corrected chi connectivity index (χ0v) is 25.9. The van der Waals surface area contributed by atoms with Gasteiger partial charge < -0.3 is 14.1 Å². The molecular weight excluding hydrogens is 621 g/mol. The van der Waals surface area contributed by atoms with Gasteiger partial charge in [0.25, 0.3) is 6.43 Å². The Kier molecular flexibility index (Phi) is 7.35. The Hall–Kier alpha value is -3.45. The maximum Gasteiger partial charge on any atom is 0.297 e. The molecule has 2 saturated heterocycles. The van der Waals surface area contributed by atoms with Crippen LogP contribution in [0.25, 0.3) is 22.1 Å². The summed E-state index contributed by atoms with van der Waals surface area (Å²) >= 11 is 6.25. The molecular formula is C30H30ClF3N4O5S. The molecule has 0 unspecified atom stereocenters. The van der Waals surface area contributed by atoms with Crippen molar-refractivity contribution >= 4 is 55.1 Å². The zero-order chi connectivity index (χ0) is 31.8. The largest absolute Gasteiger partial charge is 0.472 e. The Labute approximate surface area is 256 Å². The molecule has 2 fully saturated rings. The molecule has 0 aliphatic carbocycles. The lowest BCUT2D eigenvalue weighted by molar-refractivity contribution is -0.118. The van der Waals surface area contributed by atoms with Crippen LogP contribution in [-0.2, 0) is 20.3 Å². The van der Waals surface area contributed by atoms with E-state index in [1.54, 1.807) is 29.2 Å². The second kappa shape index (κ2) is 10.6. The van der Waals surface area contributed by atoms with E-state index in [1.165, 1.54) is 40.0 Å². The van der Waals surface area contributed by atoms with E-state index in [1.807, 2.05) is 0 Å². The summed E-state index contributed by atoms with van der Waals surface area (Å²) in [6.45, 7) is 5.88. The van der Waals surface area contributed by atoms with Crippen LogP contribution >= 0.6 is 11.6 Å². The van der Waals surface area contributed by atoms with Gasteiger partial charge in [0.1, 0.15) is 22.9 Å². The average Bonchev–Trinajstić information content (AvgIpc) is 3.54. The number of fused-ring (bicyclic) bond motifs is 3. The van der Waals surface area contributed by atoms with E-state index in [2.05, 4.69) is 15.0 Å². The molecule has 2 aliphatic heterocycles. The lowest BCUT2D eigenvalue weighted by atomic mass is 9.78. The van der Waals surface area contributed by atoms with Gasteiger partial charge in [-0.1, -0.05) is 30.7 Å². The van der Waals surface area contributed by atoms with Gasteiger partial charge >= 0.3 is 0 Å². The number of hydrogen-bond acceptors (Lipinski definition) is 9. The molecule has 44 heavy (non-hydrogen) atoms. The quantitative estimate of drug-likeness (QED) is 0.235. The van der Waals surface area contributed by atoms with E-state index >= 15 is 4.39 Å². The normalized spacial score (nSPS) is 26.5. The van der Waals surface area contributed by atoms with Crippen molar-refractivity contribution in [3.8, 4) is 5.88 Å². The minimum atomic E-state index is -3.58. The van der Waals surface area contributed by atoms with Crippen LogP contribution in [0.3, 0.4) is 0 Å². The van der Waals surface area contributed by atoms with E-state index < -0.39 is 50.6 Å². The number of rotatable bonds is 6. The predicted octanol–water partition coefficient (Wildman–Crippen LogP) is 6.38. The molecule has 0 N–H and O–H groups in total. The van der Waals surface area contributed by atoms with Crippen molar-refractivity contribution in [3.63, 3.8) is 0 Å². The fourth-order valence-electron chi connectivity index (χ4n) is 6.32. The summed E-state index contributed by atoms with van der Waals surface area (Å²) in [6, 6.07) is 7.41. The monoisotopic (exact) mass is 650 g/mol. The maximum atomic E-state index is 17.0. The summed E-state index contributed by atoms with van der Waals surface area (Å²) in [5.74, 6) is -2.35. The standard InChI is InChI=1S/C30H30ClF3N4O5S/c1-15-13-44(40,41)29(3,4)14-30(15,34)20-9-17(31)11-35-28(20)42-18-10-21(16(2)39)38(12-18)27-24-23(36-26(37-27)25(32)33)19-7-5-6-8-22(19)43-24/h5-9,11,15,18,21,25H,10,12-14H2,1-4H3/t15-,18-,21-,30+/m0/s1. The number of aromatic nitrogens is 3. The summed E-state index contributed by atoms with van der Waals surface area (Å²) in [5.41, 5.74) is -1.36. The number of halogens is 4. The summed E-state index contributed by atoms with van der Waals surface area (Å²) in [7, 11) is -3.58. The number of carbonyl (C=O) groups excluding carboxylic acids is 1. The van der Waals surface area contributed by atoms with Crippen LogP contribution in [0, 0.1) is 5.92 Å². The SMILES string of the molecule is CC(=O)[C@@H]1C[C@H](Oc2ncc(Cl)cc2[C@@]2(F)CC(C)(C)S(=O)(=O)C[C@@H]2C)CN1c1nc(C(F)F)nc2c1oc1ccccc12. The number of ether oxygens (including phenoxy) is 1. The number of furan rings is 1. The van der Waals surface area contributed by atoms with Gasteiger partial charge in [-0.15, -0.1) is 0 Å². The number of carbonyl (C=O) groups is 1. The molecule has 0 saturated carbocycles. The first-order valence-corrected chi connectivity index (χ1v) is 16.1. The molecule has 4 aromatic rings. The Morgan fingerprint density at radius 2 is 1.95 bits per heavy atom. The van der Waals surface area contributed by atoms with Crippen molar-refractivity contribution in [3.05, 3.63) is 52.9 Å². The Balaban J connectivity index is 1.39. The number of anilines is 1. The highest BCUT2D eigenvalue weighted by atomic mass is 35.5. The van der Waals surface area contributed by atoms with Gasteiger partial charge in [0.15, 0.2) is 32.8 Å². The number of ketones is 1. The molecule has 0 amide bonds. The molecule has 14 heteroatoms. The van der Waals surface area contributed by atoms with Gasteiger partial charge in [-0.05, 0) is 39.0 Å². The van der Waals surface area contributed by atoms with Crippen LogP contribution in [0.1, 0.15) is 58.3 Å². The number of sulfone groups is 1. The van der Waals surface area contributed by atoms with Crippen LogP contribution in [0.4, 0.5) is 19.0 Å². The van der Waals surface area contributed by atoms with Crippen molar-refractivity contribution in [2.45, 2.75) is 69.5 Å². The van der Waals surface area contributed by atoms with E-state index in [-0.39, 0.29) is 64.3 Å². The second-order valence-electron chi connectivity index (χ2n) is 12.2. The zero-order valence-electron chi connectivity index (χ0n) is 24.4. The Morgan fingerprint density at radius 3 is 2.66 bits per heavy atom. The van der Waals surface area contributed by atoms with Crippen LogP contribution in [0.15, 0.2) is 40.9 Å². The van der Waals surface area contributed by atoms with Crippen molar-refractivity contribution in [1.82, 2.24) is 15.0 Å². The number of hydrogen-bond donors (Lipinski definition) is 0. The van der Waals surface area contributed by atoms with Gasteiger partial charge in [-0.25, -0.2) is 36.5 Å². The summed E-state index contributed by atoms with van der Waals surface area (Å²) in [4.78, 5) is 26.9. The van der Waals surface area contributed by atoms with Crippen LogP contribution in [-0.4, -0.2) is 58.3 Å². The number of nitrogens with zero attached hydrogens (tertiary/aromatic N) is 4. The molecule has 4 atom stereocenters. The highest BCUT2D eigenvalue weighted by Crippen LogP contribution is 2.51. The van der Waals surface area contributed by atoms with Crippen LogP contribution in [0.5, 0.6) is 5.88 Å². The van der Waals surface area contributed by atoms with Gasteiger partial charge in [0.2, 0.25) is 5.88 Å². The van der Waals surface area contributed by atoms with Gasteiger partial charge in [0, 0.05) is 30.3 Å². The third-order valence-corrected chi connectivity index (χ3v) is 11.7. The number of pyridine rings is 1. The molecule has 234 valence electrons. The number of benzene rings is 1. The summed E-state index contributed by atoms with van der Waals surface area (Å²) < 4.78 is 81.4. The fraction of sp³-hybridized carbons (Fsp3) is 0.467. The molecule has 0 spiro atoms. The number of alkyl halides is 3. The lowest BCUT2D eigenvalue weighted by Crippen LogP contribution is -2.51. The van der Waals surface area contributed by atoms with Gasteiger partial charge in [-0.2, -0.15) is 0 Å². The highest BCUT2D eigenvalue weighted by Gasteiger charge is 2.55. The third kappa shape index (κ3) is 4.97. The van der Waals surface area contributed by atoms with Crippen molar-refractivity contribution < 1.29 is 35.5 Å². The minimum Gasteiger partial charge on any atom is -0.472 e. The summed E-state index contributed by atoms with van der Waals surface area (Å²) in [5, 5.41) is 0.666. The molecule has 3 aromatic heterocycles. The van der Waals surface area contributed by atoms with Gasteiger partial charge in [0.05, 0.1) is 33.7 Å². The Morgan fingerprint density at radius 1 is 1.23 bits per heavy atom. The van der Waals surface area contributed by atoms with Crippen molar-refractivity contribution in [2.75, 3.05) is 17.2 Å². The molecule has 9 nitrogen and oxygen atoms in total. The van der Waals surface area contributed by atoms with E-state index in [4.69, 9.17) is 20.8 Å². The summed E-state index contributed by atoms with van der Waals surface area (Å²) in [6.07, 6.45) is -2.66.